The van der Waals surface area contributed by atoms with Gasteiger partial charge in [0.2, 0.25) is 10.0 Å². The molecule has 0 radical (unpaired) electrons. The topological polar surface area (TPSA) is 81.2 Å². The zero-order valence-electron chi connectivity index (χ0n) is 10.2. The number of hydrogen-bond acceptors (Lipinski definition) is 4. The molecule has 0 saturated carbocycles. The van der Waals surface area contributed by atoms with Crippen LogP contribution >= 0.6 is 0 Å². The minimum absolute atomic E-state index is 0.259. The van der Waals surface area contributed by atoms with Gasteiger partial charge in [0.05, 0.1) is 6.20 Å². The number of aryl methyl sites for hydroxylation is 1. The molecule has 0 aliphatic carbocycles. The fourth-order valence-electron chi connectivity index (χ4n) is 1.84. The van der Waals surface area contributed by atoms with Crippen molar-refractivity contribution >= 4 is 10.0 Å². The highest BCUT2D eigenvalue weighted by Crippen LogP contribution is 2.17. The van der Waals surface area contributed by atoms with Crippen molar-refractivity contribution in [2.24, 2.45) is 5.73 Å². The molecule has 1 aromatic rings. The zero-order chi connectivity index (χ0) is 13.0. The van der Waals surface area contributed by atoms with Gasteiger partial charge in [-0.3, -0.25) is 4.68 Å². The Balaban J connectivity index is 2.14. The van der Waals surface area contributed by atoms with Gasteiger partial charge in [0, 0.05) is 25.8 Å². The van der Waals surface area contributed by atoms with Crippen LogP contribution in [0.3, 0.4) is 0 Å². The van der Waals surface area contributed by atoms with Gasteiger partial charge in [-0.15, -0.1) is 0 Å². The van der Waals surface area contributed by atoms with E-state index in [9.17, 15) is 8.42 Å². The number of hydrogen-bond donors (Lipinski definition) is 1. The normalized spacial score (nSPS) is 17.2. The molecule has 0 spiro atoms. The Bertz CT molecular complexity index is 521. The second-order valence-electron chi connectivity index (χ2n) is 4.20. The smallest absolute Gasteiger partial charge is 0.246 e. The maximum Gasteiger partial charge on any atom is 0.246 e. The minimum Gasteiger partial charge on any atom is -0.330 e. The van der Waals surface area contributed by atoms with Crippen LogP contribution in [0.25, 0.3) is 0 Å². The Morgan fingerprint density at radius 2 is 2.22 bits per heavy atom. The van der Waals surface area contributed by atoms with Crippen molar-refractivity contribution in [1.29, 1.82) is 0 Å². The highest BCUT2D eigenvalue weighted by atomic mass is 32.2. The third-order valence-corrected chi connectivity index (χ3v) is 4.68. The van der Waals surface area contributed by atoms with Crippen molar-refractivity contribution in [2.45, 2.75) is 24.3 Å². The van der Waals surface area contributed by atoms with E-state index < -0.39 is 10.0 Å². The lowest BCUT2D eigenvalue weighted by atomic mass is 10.3. The molecule has 0 bridgehead atoms. The monoisotopic (exact) mass is 270 g/mol. The van der Waals surface area contributed by atoms with Gasteiger partial charge in [-0.05, 0) is 19.4 Å². The summed E-state index contributed by atoms with van der Waals surface area (Å²) in [5.74, 6) is 0. The Hall–Kier alpha value is -1.18. The van der Waals surface area contributed by atoms with Gasteiger partial charge in [0.15, 0.2) is 0 Å². The molecule has 6 nitrogen and oxygen atoms in total. The third kappa shape index (κ3) is 2.80. The Morgan fingerprint density at radius 3 is 2.89 bits per heavy atom. The summed E-state index contributed by atoms with van der Waals surface area (Å²) in [6, 6.07) is 0. The van der Waals surface area contributed by atoms with E-state index in [-0.39, 0.29) is 4.90 Å². The average Bonchev–Trinajstić information content (AvgIpc) is 2.87. The van der Waals surface area contributed by atoms with Crippen LogP contribution < -0.4 is 5.73 Å². The summed E-state index contributed by atoms with van der Waals surface area (Å²) >= 11 is 0. The standard InChI is InChI=1S/C11H18N4O2S/c12-5-4-6-14-10-11(9-13-14)18(16,17)15-7-2-1-3-8-15/h1-2,9-10H,3-8,12H2. The number of nitrogens with two attached hydrogens (primary N) is 1. The Labute approximate surface area is 107 Å². The first-order chi connectivity index (χ1) is 8.64. The molecule has 2 N–H and O–H groups in total. The molecule has 1 aromatic heterocycles. The lowest BCUT2D eigenvalue weighted by Gasteiger charge is -2.21. The molecule has 2 heterocycles. The molecule has 1 aliphatic rings. The maximum absolute atomic E-state index is 12.3. The van der Waals surface area contributed by atoms with Gasteiger partial charge in [-0.2, -0.15) is 9.40 Å². The first-order valence-corrected chi connectivity index (χ1v) is 7.46. The predicted molar refractivity (Wildman–Crippen MR) is 68.4 cm³/mol. The summed E-state index contributed by atoms with van der Waals surface area (Å²) in [4.78, 5) is 0.259. The Morgan fingerprint density at radius 1 is 1.39 bits per heavy atom. The van der Waals surface area contributed by atoms with E-state index in [0.717, 1.165) is 12.8 Å². The number of nitrogens with zero attached hydrogens (tertiary/aromatic N) is 3. The highest BCUT2D eigenvalue weighted by Gasteiger charge is 2.25. The lowest BCUT2D eigenvalue weighted by Crippen LogP contribution is -2.33. The van der Waals surface area contributed by atoms with Crippen LogP contribution in [0.2, 0.25) is 0 Å². The van der Waals surface area contributed by atoms with E-state index in [1.807, 2.05) is 12.2 Å². The molecule has 100 valence electrons. The molecule has 0 atom stereocenters. The van der Waals surface area contributed by atoms with Crippen LogP contribution in [0.5, 0.6) is 0 Å². The molecule has 18 heavy (non-hydrogen) atoms. The molecule has 7 heteroatoms. The van der Waals surface area contributed by atoms with Crippen LogP contribution in [0.15, 0.2) is 29.4 Å². The first kappa shape index (κ1) is 13.3. The van der Waals surface area contributed by atoms with Crippen molar-refractivity contribution in [1.82, 2.24) is 14.1 Å². The van der Waals surface area contributed by atoms with E-state index >= 15 is 0 Å². The number of rotatable bonds is 5. The molecule has 0 amide bonds. The van der Waals surface area contributed by atoms with E-state index in [0.29, 0.717) is 26.2 Å². The van der Waals surface area contributed by atoms with Gasteiger partial charge >= 0.3 is 0 Å². The van der Waals surface area contributed by atoms with Crippen LogP contribution in [0.4, 0.5) is 0 Å². The summed E-state index contributed by atoms with van der Waals surface area (Å²) in [7, 11) is -3.40. The highest BCUT2D eigenvalue weighted by molar-refractivity contribution is 7.89. The van der Waals surface area contributed by atoms with Crippen LogP contribution in [-0.2, 0) is 16.6 Å². The molecular formula is C11H18N4O2S. The number of aromatic nitrogens is 2. The second-order valence-corrected chi connectivity index (χ2v) is 6.14. The van der Waals surface area contributed by atoms with Crippen molar-refractivity contribution < 1.29 is 8.42 Å². The van der Waals surface area contributed by atoms with Crippen molar-refractivity contribution in [3.8, 4) is 0 Å². The van der Waals surface area contributed by atoms with Crippen LogP contribution in [0.1, 0.15) is 12.8 Å². The molecule has 0 saturated heterocycles. The predicted octanol–water partition coefficient (Wildman–Crippen LogP) is 0.183. The Kier molecular flexibility index (Phi) is 4.15. The average molecular weight is 270 g/mol. The van der Waals surface area contributed by atoms with Crippen molar-refractivity contribution in [3.05, 3.63) is 24.5 Å². The van der Waals surface area contributed by atoms with Crippen LogP contribution in [-0.4, -0.2) is 42.1 Å². The van der Waals surface area contributed by atoms with Gasteiger partial charge in [0.1, 0.15) is 4.90 Å². The summed E-state index contributed by atoms with van der Waals surface area (Å²) in [6.07, 6.45) is 8.40. The van der Waals surface area contributed by atoms with E-state index in [2.05, 4.69) is 5.10 Å². The minimum atomic E-state index is -3.40. The second kappa shape index (κ2) is 5.64. The van der Waals surface area contributed by atoms with E-state index in [4.69, 9.17) is 5.73 Å². The first-order valence-electron chi connectivity index (χ1n) is 6.02. The van der Waals surface area contributed by atoms with Gasteiger partial charge in [-0.25, -0.2) is 8.42 Å². The zero-order valence-corrected chi connectivity index (χ0v) is 11.0. The summed E-state index contributed by atoms with van der Waals surface area (Å²) in [6.45, 7) is 2.19. The SMILES string of the molecule is NCCCn1cc(S(=O)(=O)N2CC=CCC2)cn1. The molecule has 0 fully saturated rings. The summed E-state index contributed by atoms with van der Waals surface area (Å²) in [5, 5.41) is 4.05. The molecular weight excluding hydrogens is 252 g/mol. The quantitative estimate of drug-likeness (QED) is 0.774. The number of sulfonamides is 1. The van der Waals surface area contributed by atoms with Gasteiger partial charge in [-0.1, -0.05) is 12.2 Å². The van der Waals surface area contributed by atoms with Gasteiger partial charge < -0.3 is 5.73 Å². The molecule has 0 aromatic carbocycles. The third-order valence-electron chi connectivity index (χ3n) is 2.86. The fraction of sp³-hybridized carbons (Fsp3) is 0.545. The van der Waals surface area contributed by atoms with E-state index in [1.54, 1.807) is 10.9 Å². The molecule has 0 unspecified atom stereocenters. The largest absolute Gasteiger partial charge is 0.330 e. The maximum atomic E-state index is 12.3. The summed E-state index contributed by atoms with van der Waals surface area (Å²) in [5.41, 5.74) is 5.41. The van der Waals surface area contributed by atoms with Crippen molar-refractivity contribution in [2.75, 3.05) is 19.6 Å². The lowest BCUT2D eigenvalue weighted by molar-refractivity contribution is 0.437. The van der Waals surface area contributed by atoms with E-state index in [1.165, 1.54) is 10.5 Å². The van der Waals surface area contributed by atoms with Gasteiger partial charge in [0.25, 0.3) is 0 Å². The molecule has 2 rings (SSSR count). The molecule has 1 aliphatic heterocycles. The van der Waals surface area contributed by atoms with Crippen molar-refractivity contribution in [3.63, 3.8) is 0 Å². The summed E-state index contributed by atoms with van der Waals surface area (Å²) < 4.78 is 27.7. The van der Waals surface area contributed by atoms with Crippen LogP contribution in [0, 0.1) is 0 Å². The fourth-order valence-corrected chi connectivity index (χ4v) is 3.20.